The first-order valence-corrected chi connectivity index (χ1v) is 8.98. The summed E-state index contributed by atoms with van der Waals surface area (Å²) in [7, 11) is 0. The summed E-state index contributed by atoms with van der Waals surface area (Å²) in [5, 5.41) is 0. The molecule has 4 heterocycles. The zero-order chi connectivity index (χ0) is 18.1. The minimum Gasteiger partial charge on any atom is -0.489 e. The topological polar surface area (TPSA) is 64.6 Å². The lowest BCUT2D eigenvalue weighted by Gasteiger charge is -2.52. The van der Waals surface area contributed by atoms with Gasteiger partial charge in [-0.25, -0.2) is 0 Å². The van der Waals surface area contributed by atoms with E-state index in [0.717, 1.165) is 30.0 Å². The fraction of sp³-hybridized carbons (Fsp3) is 0.450. The number of rotatable bonds is 3. The molecule has 2 aromatic heterocycles. The molecule has 0 radical (unpaired) electrons. The molecule has 1 amide bonds. The van der Waals surface area contributed by atoms with Gasteiger partial charge >= 0.3 is 0 Å². The van der Waals surface area contributed by atoms with Gasteiger partial charge < -0.3 is 14.4 Å². The van der Waals surface area contributed by atoms with Crippen molar-refractivity contribution in [3.05, 3.63) is 53.6 Å². The van der Waals surface area contributed by atoms with Gasteiger partial charge in [-0.15, -0.1) is 0 Å². The van der Waals surface area contributed by atoms with Crippen LogP contribution < -0.4 is 4.74 Å². The van der Waals surface area contributed by atoms with E-state index in [9.17, 15) is 4.79 Å². The lowest BCUT2D eigenvalue weighted by atomic mass is 9.84. The van der Waals surface area contributed by atoms with Crippen LogP contribution in [0.15, 0.2) is 36.7 Å². The van der Waals surface area contributed by atoms with Crippen molar-refractivity contribution < 1.29 is 14.3 Å². The first-order valence-electron chi connectivity index (χ1n) is 8.98. The van der Waals surface area contributed by atoms with Crippen LogP contribution in [0, 0.1) is 13.8 Å². The van der Waals surface area contributed by atoms with E-state index < -0.39 is 0 Å². The maximum absolute atomic E-state index is 12.7. The third-order valence-electron chi connectivity index (χ3n) is 4.96. The van der Waals surface area contributed by atoms with Crippen LogP contribution in [0.5, 0.6) is 5.75 Å². The lowest BCUT2D eigenvalue weighted by molar-refractivity contribution is -0.173. The highest BCUT2D eigenvalue weighted by Crippen LogP contribution is 2.36. The molecule has 2 fully saturated rings. The number of hydrogen-bond donors (Lipinski definition) is 0. The first-order chi connectivity index (χ1) is 12.5. The molecule has 2 saturated heterocycles. The Kier molecular flexibility index (Phi) is 4.36. The van der Waals surface area contributed by atoms with Crippen LogP contribution in [0.1, 0.15) is 34.6 Å². The summed E-state index contributed by atoms with van der Waals surface area (Å²) in [4.78, 5) is 23.0. The number of likely N-dealkylation sites (tertiary alicyclic amines) is 1. The van der Waals surface area contributed by atoms with Gasteiger partial charge in [0.2, 0.25) is 0 Å². The molecule has 4 rings (SSSR count). The Balaban J connectivity index is 1.38. The minimum atomic E-state index is -0.280. The largest absolute Gasteiger partial charge is 0.489 e. The number of pyridine rings is 2. The highest BCUT2D eigenvalue weighted by atomic mass is 16.5. The first kappa shape index (κ1) is 17.0. The van der Waals surface area contributed by atoms with Crippen LogP contribution in [0.2, 0.25) is 0 Å². The molecule has 0 aliphatic carbocycles. The van der Waals surface area contributed by atoms with E-state index in [1.165, 1.54) is 0 Å². The van der Waals surface area contributed by atoms with Gasteiger partial charge in [-0.1, -0.05) is 0 Å². The van der Waals surface area contributed by atoms with Crippen molar-refractivity contribution in [1.82, 2.24) is 14.9 Å². The number of carbonyl (C=O) groups excluding carboxylic acids is 1. The second-order valence-electron chi connectivity index (χ2n) is 7.25. The van der Waals surface area contributed by atoms with Gasteiger partial charge in [0, 0.05) is 36.0 Å². The third kappa shape index (κ3) is 3.42. The Morgan fingerprint density at radius 3 is 2.77 bits per heavy atom. The molecular weight excluding hydrogens is 330 g/mol. The smallest absolute Gasteiger partial charge is 0.254 e. The maximum atomic E-state index is 12.7. The van der Waals surface area contributed by atoms with Crippen LogP contribution in [-0.4, -0.2) is 52.2 Å². The summed E-state index contributed by atoms with van der Waals surface area (Å²) in [5.41, 5.74) is 2.14. The van der Waals surface area contributed by atoms with Crippen LogP contribution in [-0.2, 0) is 4.74 Å². The van der Waals surface area contributed by atoms with Gasteiger partial charge in [-0.05, 0) is 38.1 Å². The second kappa shape index (κ2) is 6.68. The molecule has 6 nitrogen and oxygen atoms in total. The summed E-state index contributed by atoms with van der Waals surface area (Å²) in [6.45, 7) is 5.69. The molecule has 2 aliphatic heterocycles. The number of amides is 1. The van der Waals surface area contributed by atoms with E-state index in [4.69, 9.17) is 9.47 Å². The van der Waals surface area contributed by atoms with Crippen molar-refractivity contribution in [2.75, 3.05) is 19.7 Å². The van der Waals surface area contributed by atoms with Crippen LogP contribution in [0.4, 0.5) is 0 Å². The number of carbonyl (C=O) groups is 1. The SMILES string of the molecule is Cc1cc(C(=O)N2CC3(CC(Oc4cccnc4)CCO3)C2)cc(C)n1. The van der Waals surface area contributed by atoms with Gasteiger partial charge in [0.15, 0.2) is 0 Å². The zero-order valence-corrected chi connectivity index (χ0v) is 15.1. The average Bonchev–Trinajstić information content (AvgIpc) is 2.59. The molecule has 6 heteroatoms. The van der Waals surface area contributed by atoms with E-state index in [0.29, 0.717) is 25.3 Å². The predicted octanol–water partition coefficient (Wildman–Crippen LogP) is 2.55. The standard InChI is InChI=1S/C20H23N3O3/c1-14-8-16(9-15(2)22-14)19(24)23-12-20(13-23)10-17(5-7-25-20)26-18-4-3-6-21-11-18/h3-4,6,8-9,11,17H,5,7,10,12-13H2,1-2H3. The van der Waals surface area contributed by atoms with Gasteiger partial charge in [0.1, 0.15) is 17.5 Å². The van der Waals surface area contributed by atoms with Crippen LogP contribution in [0.3, 0.4) is 0 Å². The Morgan fingerprint density at radius 2 is 2.08 bits per heavy atom. The van der Waals surface area contributed by atoms with Gasteiger partial charge in [0.25, 0.3) is 5.91 Å². The summed E-state index contributed by atoms with van der Waals surface area (Å²) in [6.07, 6.45) is 5.20. The molecule has 1 spiro atoms. The Labute approximate surface area is 153 Å². The highest BCUT2D eigenvalue weighted by Gasteiger charge is 2.50. The molecule has 0 bridgehead atoms. The molecule has 2 aliphatic rings. The highest BCUT2D eigenvalue weighted by molar-refractivity contribution is 5.95. The van der Waals surface area contributed by atoms with Crippen molar-refractivity contribution in [1.29, 1.82) is 0 Å². The molecule has 0 aromatic carbocycles. The van der Waals surface area contributed by atoms with E-state index in [2.05, 4.69) is 9.97 Å². The van der Waals surface area contributed by atoms with Crippen LogP contribution in [0.25, 0.3) is 0 Å². The Hall–Kier alpha value is -2.47. The normalized spacial score (nSPS) is 21.3. The number of nitrogens with zero attached hydrogens (tertiary/aromatic N) is 3. The molecule has 1 atom stereocenters. The molecule has 0 N–H and O–H groups in total. The zero-order valence-electron chi connectivity index (χ0n) is 15.1. The molecule has 1 unspecified atom stereocenters. The van der Waals surface area contributed by atoms with E-state index in [-0.39, 0.29) is 17.6 Å². The van der Waals surface area contributed by atoms with E-state index >= 15 is 0 Å². The van der Waals surface area contributed by atoms with E-state index in [1.54, 1.807) is 12.4 Å². The van der Waals surface area contributed by atoms with Crippen molar-refractivity contribution in [2.45, 2.75) is 38.4 Å². The third-order valence-corrected chi connectivity index (χ3v) is 4.96. The van der Waals surface area contributed by atoms with Crippen molar-refractivity contribution in [2.24, 2.45) is 0 Å². The summed E-state index contributed by atoms with van der Waals surface area (Å²) >= 11 is 0. The fourth-order valence-electron chi connectivity index (χ4n) is 3.85. The minimum absolute atomic E-state index is 0.0446. The number of aromatic nitrogens is 2. The van der Waals surface area contributed by atoms with Crippen molar-refractivity contribution in [3.63, 3.8) is 0 Å². The Bertz CT molecular complexity index is 783. The molecular formula is C20H23N3O3. The van der Waals surface area contributed by atoms with Gasteiger partial charge in [-0.2, -0.15) is 0 Å². The quantitative estimate of drug-likeness (QED) is 0.848. The van der Waals surface area contributed by atoms with E-state index in [1.807, 2.05) is 43.0 Å². The van der Waals surface area contributed by atoms with Crippen LogP contribution >= 0.6 is 0 Å². The molecule has 26 heavy (non-hydrogen) atoms. The van der Waals surface area contributed by atoms with Gasteiger partial charge in [-0.3, -0.25) is 14.8 Å². The van der Waals surface area contributed by atoms with Crippen molar-refractivity contribution in [3.8, 4) is 5.75 Å². The summed E-state index contributed by atoms with van der Waals surface area (Å²) in [5.74, 6) is 0.827. The number of aryl methyl sites for hydroxylation is 2. The maximum Gasteiger partial charge on any atom is 0.254 e. The Morgan fingerprint density at radius 1 is 1.31 bits per heavy atom. The van der Waals surface area contributed by atoms with Gasteiger partial charge in [0.05, 0.1) is 25.9 Å². The average molecular weight is 353 g/mol. The predicted molar refractivity (Wildman–Crippen MR) is 96.2 cm³/mol. The molecule has 136 valence electrons. The molecule has 0 saturated carbocycles. The number of ether oxygens (including phenoxy) is 2. The number of hydrogen-bond acceptors (Lipinski definition) is 5. The monoisotopic (exact) mass is 353 g/mol. The fourth-order valence-corrected chi connectivity index (χ4v) is 3.85. The lowest BCUT2D eigenvalue weighted by Crippen LogP contribution is -2.67. The molecule has 2 aromatic rings. The summed E-state index contributed by atoms with van der Waals surface area (Å²) in [6, 6.07) is 7.47. The van der Waals surface area contributed by atoms with Crippen molar-refractivity contribution >= 4 is 5.91 Å². The summed E-state index contributed by atoms with van der Waals surface area (Å²) < 4.78 is 12.1. The second-order valence-corrected chi connectivity index (χ2v) is 7.25.